The lowest BCUT2D eigenvalue weighted by Gasteiger charge is -2.17. The van der Waals surface area contributed by atoms with Crippen LogP contribution in [-0.4, -0.2) is 28.1 Å². The van der Waals surface area contributed by atoms with Crippen molar-refractivity contribution in [2.75, 3.05) is 16.8 Å². The van der Waals surface area contributed by atoms with Crippen molar-refractivity contribution in [2.45, 2.75) is 33.7 Å². The Morgan fingerprint density at radius 3 is 2.48 bits per heavy atom. The van der Waals surface area contributed by atoms with E-state index < -0.39 is 5.56 Å². The largest absolute Gasteiger partial charge is 0.324 e. The summed E-state index contributed by atoms with van der Waals surface area (Å²) >= 11 is 0. The lowest BCUT2D eigenvalue weighted by atomic mass is 10.1. The molecule has 7 nitrogen and oxygen atoms in total. The molecular formula is C24H24N4O3. The quantitative estimate of drug-likeness (QED) is 0.709. The lowest BCUT2D eigenvalue weighted by Crippen LogP contribution is -2.34. The Morgan fingerprint density at radius 2 is 1.74 bits per heavy atom. The fourth-order valence-electron chi connectivity index (χ4n) is 4.06. The Morgan fingerprint density at radius 1 is 1.03 bits per heavy atom. The number of carbonyl (C=O) groups is 2. The van der Waals surface area contributed by atoms with Crippen LogP contribution >= 0.6 is 0 Å². The van der Waals surface area contributed by atoms with Crippen molar-refractivity contribution >= 4 is 23.2 Å². The molecule has 4 rings (SSSR count). The van der Waals surface area contributed by atoms with Gasteiger partial charge in [-0.1, -0.05) is 35.9 Å². The molecule has 0 saturated carbocycles. The van der Waals surface area contributed by atoms with Crippen LogP contribution in [0, 0.1) is 20.8 Å². The molecule has 0 atom stereocenters. The van der Waals surface area contributed by atoms with Gasteiger partial charge in [0.05, 0.1) is 0 Å². The predicted octanol–water partition coefficient (Wildman–Crippen LogP) is 3.01. The van der Waals surface area contributed by atoms with E-state index in [4.69, 9.17) is 0 Å². The van der Waals surface area contributed by atoms with Crippen LogP contribution < -0.4 is 15.8 Å². The molecule has 0 saturated heterocycles. The Balaban J connectivity index is 1.54. The molecular weight excluding hydrogens is 392 g/mol. The van der Waals surface area contributed by atoms with Gasteiger partial charge in [0.2, 0.25) is 5.91 Å². The zero-order valence-corrected chi connectivity index (χ0v) is 17.8. The molecule has 0 bridgehead atoms. The molecule has 0 unspecified atom stereocenters. The number of hydrogen-bond donors (Lipinski definition) is 1. The highest BCUT2D eigenvalue weighted by atomic mass is 16.2. The number of aromatic nitrogens is 2. The van der Waals surface area contributed by atoms with E-state index in [-0.39, 0.29) is 24.1 Å². The number of rotatable bonds is 4. The van der Waals surface area contributed by atoms with E-state index in [9.17, 15) is 14.4 Å². The van der Waals surface area contributed by atoms with E-state index in [2.05, 4.69) is 10.4 Å². The average Bonchev–Trinajstić information content (AvgIpc) is 3.16. The molecule has 0 fully saturated rings. The second-order valence-corrected chi connectivity index (χ2v) is 7.87. The number of amides is 2. The second kappa shape index (κ2) is 8.18. The first kappa shape index (κ1) is 20.5. The number of carbonyl (C=O) groups excluding carboxylic acids is 2. The highest BCUT2D eigenvalue weighted by Crippen LogP contribution is 2.28. The summed E-state index contributed by atoms with van der Waals surface area (Å²) < 4.78 is 1.03. The van der Waals surface area contributed by atoms with Crippen LogP contribution in [0.1, 0.15) is 32.7 Å². The number of hydrogen-bond acceptors (Lipinski definition) is 4. The van der Waals surface area contributed by atoms with Crippen LogP contribution in [0.3, 0.4) is 0 Å². The number of aryl methyl sites for hydroxylation is 3. The van der Waals surface area contributed by atoms with E-state index >= 15 is 0 Å². The van der Waals surface area contributed by atoms with Gasteiger partial charge in [-0.3, -0.25) is 14.4 Å². The Labute approximate surface area is 180 Å². The third-order valence-corrected chi connectivity index (χ3v) is 5.45. The van der Waals surface area contributed by atoms with Gasteiger partial charge in [0, 0.05) is 24.0 Å². The molecule has 1 aromatic heterocycles. The van der Waals surface area contributed by atoms with Gasteiger partial charge >= 0.3 is 0 Å². The normalized spacial score (nSPS) is 12.5. The standard InChI is InChI=1S/C24H24N4O3/c1-15-12-16(2)23(17(3)13-15)25-21(29)14-28-22(30)9-8-19(26-28)24(31)27-11-10-18-6-4-5-7-20(18)27/h4-9,12-13H,10-11,14H2,1-3H3,(H,25,29). The first-order chi connectivity index (χ1) is 14.8. The molecule has 0 radical (unpaired) electrons. The summed E-state index contributed by atoms with van der Waals surface area (Å²) in [5, 5.41) is 7.05. The van der Waals surface area contributed by atoms with Crippen molar-refractivity contribution in [2.24, 2.45) is 0 Å². The number of para-hydroxylation sites is 1. The van der Waals surface area contributed by atoms with Gasteiger partial charge in [-0.15, -0.1) is 0 Å². The topological polar surface area (TPSA) is 84.3 Å². The molecule has 2 amide bonds. The van der Waals surface area contributed by atoms with Gasteiger partial charge in [-0.05, 0) is 56.0 Å². The molecule has 0 aliphatic carbocycles. The number of nitrogens with zero attached hydrogens (tertiary/aromatic N) is 3. The molecule has 7 heteroatoms. The van der Waals surface area contributed by atoms with Crippen LogP contribution in [0.25, 0.3) is 0 Å². The molecule has 158 valence electrons. The van der Waals surface area contributed by atoms with Crippen LogP contribution in [0.15, 0.2) is 53.3 Å². The monoisotopic (exact) mass is 416 g/mol. The minimum atomic E-state index is -0.439. The first-order valence-corrected chi connectivity index (χ1v) is 10.2. The smallest absolute Gasteiger partial charge is 0.278 e. The van der Waals surface area contributed by atoms with Crippen LogP contribution in [0.5, 0.6) is 0 Å². The Hall–Kier alpha value is -3.74. The molecule has 1 aliphatic heterocycles. The van der Waals surface area contributed by atoms with E-state index in [1.54, 1.807) is 4.90 Å². The molecule has 1 N–H and O–H groups in total. The van der Waals surface area contributed by atoms with Crippen LogP contribution in [0.4, 0.5) is 11.4 Å². The van der Waals surface area contributed by atoms with Crippen molar-refractivity contribution < 1.29 is 9.59 Å². The second-order valence-electron chi connectivity index (χ2n) is 7.87. The Kier molecular flexibility index (Phi) is 5.42. The van der Waals surface area contributed by atoms with Gasteiger partial charge < -0.3 is 10.2 Å². The summed E-state index contributed by atoms with van der Waals surface area (Å²) in [5.74, 6) is -0.662. The van der Waals surface area contributed by atoms with Gasteiger partial charge in [-0.2, -0.15) is 5.10 Å². The van der Waals surface area contributed by atoms with E-state index in [0.29, 0.717) is 6.54 Å². The van der Waals surface area contributed by atoms with Crippen LogP contribution in [0.2, 0.25) is 0 Å². The summed E-state index contributed by atoms with van der Waals surface area (Å²) in [7, 11) is 0. The molecule has 0 spiro atoms. The number of benzene rings is 2. The van der Waals surface area contributed by atoms with Crippen molar-refractivity contribution in [3.8, 4) is 0 Å². The number of anilines is 2. The molecule has 2 heterocycles. The third kappa shape index (κ3) is 4.12. The first-order valence-electron chi connectivity index (χ1n) is 10.2. The van der Waals surface area contributed by atoms with Crippen molar-refractivity contribution in [1.82, 2.24) is 9.78 Å². The number of nitrogens with one attached hydrogen (secondary N) is 1. The predicted molar refractivity (Wildman–Crippen MR) is 120 cm³/mol. The van der Waals surface area contributed by atoms with Gasteiger partial charge in [0.15, 0.2) is 0 Å². The molecule has 1 aliphatic rings. The summed E-state index contributed by atoms with van der Waals surface area (Å²) in [5.41, 5.74) is 5.39. The van der Waals surface area contributed by atoms with Crippen molar-refractivity contribution in [3.05, 3.63) is 86.8 Å². The van der Waals surface area contributed by atoms with E-state index in [0.717, 1.165) is 44.7 Å². The van der Waals surface area contributed by atoms with E-state index in [1.165, 1.54) is 12.1 Å². The van der Waals surface area contributed by atoms with Gasteiger partial charge in [-0.25, -0.2) is 4.68 Å². The Bertz CT molecular complexity index is 1220. The maximum atomic E-state index is 13.0. The maximum absolute atomic E-state index is 13.0. The molecule has 2 aromatic carbocycles. The molecule has 3 aromatic rings. The fraction of sp³-hybridized carbons (Fsp3) is 0.250. The van der Waals surface area contributed by atoms with Crippen LogP contribution in [-0.2, 0) is 17.8 Å². The highest BCUT2D eigenvalue weighted by molar-refractivity contribution is 6.06. The maximum Gasteiger partial charge on any atom is 0.278 e. The fourth-order valence-corrected chi connectivity index (χ4v) is 4.06. The van der Waals surface area contributed by atoms with Gasteiger partial charge in [0.25, 0.3) is 11.5 Å². The molecule has 31 heavy (non-hydrogen) atoms. The number of fused-ring (bicyclic) bond motifs is 1. The average molecular weight is 416 g/mol. The van der Waals surface area contributed by atoms with Crippen molar-refractivity contribution in [3.63, 3.8) is 0 Å². The third-order valence-electron chi connectivity index (χ3n) is 5.45. The van der Waals surface area contributed by atoms with E-state index in [1.807, 2.05) is 57.2 Å². The summed E-state index contributed by atoms with van der Waals surface area (Å²) in [6, 6.07) is 14.4. The SMILES string of the molecule is Cc1cc(C)c(NC(=O)Cn2nc(C(=O)N3CCc4ccccc43)ccc2=O)c(C)c1. The van der Waals surface area contributed by atoms with Crippen molar-refractivity contribution in [1.29, 1.82) is 0 Å². The minimum absolute atomic E-state index is 0.131. The lowest BCUT2D eigenvalue weighted by molar-refractivity contribution is -0.117. The minimum Gasteiger partial charge on any atom is -0.324 e. The zero-order valence-electron chi connectivity index (χ0n) is 17.8. The van der Waals surface area contributed by atoms with Gasteiger partial charge in [0.1, 0.15) is 12.2 Å². The highest BCUT2D eigenvalue weighted by Gasteiger charge is 2.26. The summed E-state index contributed by atoms with van der Waals surface area (Å²) in [6.07, 6.45) is 0.777. The zero-order chi connectivity index (χ0) is 22.1. The summed E-state index contributed by atoms with van der Waals surface area (Å²) in [4.78, 5) is 39.6. The summed E-state index contributed by atoms with van der Waals surface area (Å²) in [6.45, 7) is 6.13.